The zero-order chi connectivity index (χ0) is 6.15. The van der Waals surface area contributed by atoms with Crippen molar-refractivity contribution in [3.05, 3.63) is 11.8 Å². The molecule has 0 amide bonds. The molecule has 0 unspecified atom stereocenters. The summed E-state index contributed by atoms with van der Waals surface area (Å²) in [6, 6.07) is 0. The molecule has 8 heavy (non-hydrogen) atoms. The Kier molecular flexibility index (Phi) is 1.16. The van der Waals surface area contributed by atoms with Crippen LogP contribution in [0.25, 0.3) is 0 Å². The van der Waals surface area contributed by atoms with Gasteiger partial charge in [-0.25, -0.2) is 5.10 Å². The molecule has 4 radical (unpaired) electrons. The van der Waals surface area contributed by atoms with Crippen LogP contribution >= 0.6 is 0 Å². The molecular weight excluding hydrogens is 97.7 g/mol. The maximum Gasteiger partial charge on any atom is 0.264 e. The van der Waals surface area contributed by atoms with Crippen molar-refractivity contribution in [1.29, 1.82) is 0 Å². The topological polar surface area (TPSA) is 17.8 Å². The van der Waals surface area contributed by atoms with E-state index >= 15 is 0 Å². The first-order valence-corrected chi connectivity index (χ1v) is 2.27. The third-order valence-electron chi connectivity index (χ3n) is 0.953. The molecule has 1 heterocycles. The molecular formula is C4H4B2N2. The summed E-state index contributed by atoms with van der Waals surface area (Å²) < 4.78 is 1.20. The molecule has 2 nitrogen and oxygen atoms in total. The third kappa shape index (κ3) is 0.782. The molecule has 0 aromatic carbocycles. The van der Waals surface area contributed by atoms with E-state index in [1.807, 2.05) is 6.92 Å². The molecule has 0 aliphatic heterocycles. The van der Waals surface area contributed by atoms with Gasteiger partial charge in [0.25, 0.3) is 7.98 Å². The van der Waals surface area contributed by atoms with Crippen molar-refractivity contribution in [1.82, 2.24) is 9.69 Å². The zero-order valence-corrected chi connectivity index (χ0v) is 4.63. The van der Waals surface area contributed by atoms with Crippen LogP contribution < -0.4 is 5.59 Å². The predicted molar refractivity (Wildman–Crippen MR) is 33.5 cm³/mol. The molecule has 0 fully saturated rings. The van der Waals surface area contributed by atoms with Crippen molar-refractivity contribution in [3.8, 4) is 0 Å². The molecule has 0 N–H and O–H groups in total. The van der Waals surface area contributed by atoms with E-state index in [-0.39, 0.29) is 0 Å². The van der Waals surface area contributed by atoms with Crippen molar-refractivity contribution in [2.24, 2.45) is 0 Å². The van der Waals surface area contributed by atoms with Crippen LogP contribution in [-0.4, -0.2) is 25.5 Å². The Bertz CT molecular complexity index is 174. The van der Waals surface area contributed by atoms with E-state index in [0.717, 1.165) is 5.56 Å². The first-order chi connectivity index (χ1) is 3.70. The number of aryl methyl sites for hydroxylation is 1. The summed E-state index contributed by atoms with van der Waals surface area (Å²) in [6.45, 7) is 1.85. The minimum absolute atomic E-state index is 0.493. The highest BCUT2D eigenvalue weighted by Crippen LogP contribution is 1.84. The molecule has 0 aliphatic carbocycles. The van der Waals surface area contributed by atoms with Crippen LogP contribution in [0.4, 0.5) is 0 Å². The molecule has 0 spiro atoms. The lowest BCUT2D eigenvalue weighted by Crippen LogP contribution is -2.08. The lowest BCUT2D eigenvalue weighted by molar-refractivity contribution is 1.01. The maximum atomic E-state index is 5.33. The summed E-state index contributed by atoms with van der Waals surface area (Å²) in [5.41, 5.74) is 1.40. The predicted octanol–water partition coefficient (Wildman–Crippen LogP) is -1.08. The minimum Gasteiger partial charge on any atom is -0.331 e. The lowest BCUT2D eigenvalue weighted by atomic mass is 10.0. The molecule has 0 saturated heterocycles. The Hall–Kier alpha value is -0.660. The first-order valence-electron chi connectivity index (χ1n) is 2.27. The Balaban J connectivity index is 3.14. The van der Waals surface area contributed by atoms with Gasteiger partial charge >= 0.3 is 0 Å². The van der Waals surface area contributed by atoms with Gasteiger partial charge in [-0.3, -0.25) is 0 Å². The van der Waals surface area contributed by atoms with Crippen molar-refractivity contribution < 1.29 is 0 Å². The fraction of sp³-hybridized carbons (Fsp3) is 0.250. The van der Waals surface area contributed by atoms with Crippen LogP contribution in [0, 0.1) is 6.92 Å². The largest absolute Gasteiger partial charge is 0.331 e. The number of hydrogen-bond acceptors (Lipinski definition) is 1. The highest BCUT2D eigenvalue weighted by molar-refractivity contribution is 6.31. The Morgan fingerprint density at radius 3 is 2.50 bits per heavy atom. The number of aromatic nitrogens is 2. The van der Waals surface area contributed by atoms with E-state index < -0.39 is 0 Å². The first kappa shape index (κ1) is 5.48. The Morgan fingerprint density at radius 2 is 2.38 bits per heavy atom. The van der Waals surface area contributed by atoms with Gasteiger partial charge < -0.3 is 4.59 Å². The van der Waals surface area contributed by atoms with Gasteiger partial charge in [0.15, 0.2) is 0 Å². The molecule has 4 heteroatoms. The Labute approximate surface area is 50.7 Å². The standard InChI is InChI=1S/C4H4B2N2/c1-3-2-8(6)7-4(3)5/h2H,1H3. The lowest BCUT2D eigenvalue weighted by Gasteiger charge is -1.80. The molecule has 1 aromatic rings. The van der Waals surface area contributed by atoms with E-state index in [1.165, 1.54) is 4.59 Å². The summed E-state index contributed by atoms with van der Waals surface area (Å²) in [4.78, 5) is 0. The fourth-order valence-electron chi connectivity index (χ4n) is 0.497. The SMILES string of the molecule is [B]c1nn([B])cc1C. The van der Waals surface area contributed by atoms with E-state index in [1.54, 1.807) is 6.20 Å². The van der Waals surface area contributed by atoms with E-state index in [9.17, 15) is 0 Å². The number of rotatable bonds is 0. The molecule has 1 rings (SSSR count). The van der Waals surface area contributed by atoms with Crippen LogP contribution in [-0.2, 0) is 0 Å². The van der Waals surface area contributed by atoms with E-state index in [4.69, 9.17) is 15.8 Å². The molecule has 36 valence electrons. The smallest absolute Gasteiger partial charge is 0.264 e. The average molecular weight is 102 g/mol. The summed E-state index contributed by atoms with van der Waals surface area (Å²) in [7, 11) is 10.5. The summed E-state index contributed by atoms with van der Waals surface area (Å²) in [6.07, 6.45) is 1.66. The highest BCUT2D eigenvalue weighted by Gasteiger charge is 1.92. The van der Waals surface area contributed by atoms with Gasteiger partial charge in [0, 0.05) is 11.8 Å². The Morgan fingerprint density at radius 1 is 1.75 bits per heavy atom. The third-order valence-corrected chi connectivity index (χ3v) is 0.953. The molecule has 0 bridgehead atoms. The van der Waals surface area contributed by atoms with Crippen LogP contribution in [0.1, 0.15) is 5.56 Å². The molecule has 0 atom stereocenters. The second kappa shape index (κ2) is 1.69. The zero-order valence-electron chi connectivity index (χ0n) is 4.63. The van der Waals surface area contributed by atoms with Gasteiger partial charge in [0.1, 0.15) is 7.85 Å². The van der Waals surface area contributed by atoms with Crippen LogP contribution in [0.3, 0.4) is 0 Å². The van der Waals surface area contributed by atoms with Crippen LogP contribution in [0.5, 0.6) is 0 Å². The van der Waals surface area contributed by atoms with Crippen molar-refractivity contribution in [2.45, 2.75) is 6.92 Å². The second-order valence-electron chi connectivity index (χ2n) is 1.68. The monoisotopic (exact) mass is 102 g/mol. The van der Waals surface area contributed by atoms with Crippen LogP contribution in [0.15, 0.2) is 6.20 Å². The van der Waals surface area contributed by atoms with Gasteiger partial charge in [-0.2, -0.15) is 0 Å². The summed E-state index contributed by atoms with van der Waals surface area (Å²) in [5, 5.41) is 3.68. The van der Waals surface area contributed by atoms with Crippen LogP contribution in [0.2, 0.25) is 0 Å². The van der Waals surface area contributed by atoms with E-state index in [0.29, 0.717) is 5.59 Å². The van der Waals surface area contributed by atoms with Gasteiger partial charge in [0.2, 0.25) is 0 Å². The van der Waals surface area contributed by atoms with Gasteiger partial charge in [-0.05, 0) is 12.5 Å². The van der Waals surface area contributed by atoms with Gasteiger partial charge in [0.05, 0.1) is 0 Å². The van der Waals surface area contributed by atoms with Crippen molar-refractivity contribution >= 4 is 21.4 Å². The van der Waals surface area contributed by atoms with Crippen molar-refractivity contribution in [3.63, 3.8) is 0 Å². The van der Waals surface area contributed by atoms with Gasteiger partial charge in [-0.1, -0.05) is 0 Å². The molecule has 0 saturated carbocycles. The fourth-order valence-corrected chi connectivity index (χ4v) is 0.497. The molecule has 1 aromatic heterocycles. The summed E-state index contributed by atoms with van der Waals surface area (Å²) >= 11 is 0. The quantitative estimate of drug-likeness (QED) is 0.380. The van der Waals surface area contributed by atoms with Gasteiger partial charge in [-0.15, -0.1) is 0 Å². The summed E-state index contributed by atoms with van der Waals surface area (Å²) in [5.74, 6) is 0. The average Bonchev–Trinajstić information content (AvgIpc) is 1.85. The number of nitrogens with zero attached hydrogens (tertiary/aromatic N) is 2. The second-order valence-corrected chi connectivity index (χ2v) is 1.68. The minimum atomic E-state index is 0.493. The van der Waals surface area contributed by atoms with Crippen molar-refractivity contribution in [2.75, 3.05) is 0 Å². The van der Waals surface area contributed by atoms with E-state index in [2.05, 4.69) is 5.10 Å². The molecule has 0 aliphatic rings. The number of hydrogen-bond donors (Lipinski definition) is 0. The normalized spacial score (nSPS) is 9.62. The maximum absolute atomic E-state index is 5.33. The highest BCUT2D eigenvalue weighted by atomic mass is 15.2.